The lowest BCUT2D eigenvalue weighted by Crippen LogP contribution is -2.36. The Hall–Kier alpha value is -2.70. The average molecular weight is 409 g/mol. The van der Waals surface area contributed by atoms with E-state index in [2.05, 4.69) is 5.32 Å². The molecule has 0 aromatic heterocycles. The number of rotatable bonds is 5. The maximum Gasteiger partial charge on any atom is 0.228 e. The van der Waals surface area contributed by atoms with E-state index in [0.717, 1.165) is 27.5 Å². The van der Waals surface area contributed by atoms with Crippen molar-refractivity contribution in [3.8, 4) is 0 Å². The molecule has 1 heterocycles. The second kappa shape index (κ2) is 7.97. The highest BCUT2D eigenvalue weighted by Gasteiger charge is 2.25. The first-order valence-electron chi connectivity index (χ1n) is 9.82. The molecule has 1 N–H and O–H groups in total. The van der Waals surface area contributed by atoms with Crippen LogP contribution in [0.1, 0.15) is 23.6 Å². The summed E-state index contributed by atoms with van der Waals surface area (Å²) in [7, 11) is -3.22. The summed E-state index contributed by atoms with van der Waals surface area (Å²) in [4.78, 5) is 12.6. The lowest BCUT2D eigenvalue weighted by molar-refractivity contribution is -0.115. The maximum absolute atomic E-state index is 12.6. The van der Waals surface area contributed by atoms with Gasteiger partial charge in [-0.1, -0.05) is 48.5 Å². The Morgan fingerprint density at radius 3 is 2.66 bits per heavy atom. The van der Waals surface area contributed by atoms with Gasteiger partial charge >= 0.3 is 0 Å². The number of fused-ring (bicyclic) bond motifs is 2. The smallest absolute Gasteiger partial charge is 0.228 e. The first kappa shape index (κ1) is 19.6. The molecule has 0 aliphatic carbocycles. The van der Waals surface area contributed by atoms with Crippen LogP contribution < -0.4 is 5.32 Å². The average Bonchev–Trinajstić information content (AvgIpc) is 2.73. The van der Waals surface area contributed by atoms with Crippen molar-refractivity contribution in [2.75, 3.05) is 17.6 Å². The molecule has 0 spiro atoms. The summed E-state index contributed by atoms with van der Waals surface area (Å²) in [6.45, 7) is 2.53. The topological polar surface area (TPSA) is 66.5 Å². The van der Waals surface area contributed by atoms with Gasteiger partial charge in [0, 0.05) is 18.8 Å². The van der Waals surface area contributed by atoms with Gasteiger partial charge in [0.05, 0.1) is 12.2 Å². The maximum atomic E-state index is 12.6. The molecule has 1 amide bonds. The number of anilines is 1. The summed E-state index contributed by atoms with van der Waals surface area (Å²) in [5, 5.41) is 5.16. The molecule has 29 heavy (non-hydrogen) atoms. The third-order valence-corrected chi connectivity index (χ3v) is 7.28. The number of hydrogen-bond acceptors (Lipinski definition) is 3. The summed E-state index contributed by atoms with van der Waals surface area (Å²) in [5.74, 6) is 0.0132. The normalized spacial score (nSPS) is 14.5. The molecule has 4 rings (SSSR count). The molecule has 1 aliphatic rings. The van der Waals surface area contributed by atoms with E-state index in [1.165, 1.54) is 4.31 Å². The summed E-state index contributed by atoms with van der Waals surface area (Å²) >= 11 is 0. The predicted molar refractivity (Wildman–Crippen MR) is 116 cm³/mol. The van der Waals surface area contributed by atoms with Gasteiger partial charge in [-0.25, -0.2) is 8.42 Å². The molecule has 0 saturated heterocycles. The fraction of sp³-hybridized carbons (Fsp3) is 0.261. The van der Waals surface area contributed by atoms with E-state index in [-0.39, 0.29) is 18.1 Å². The van der Waals surface area contributed by atoms with Crippen molar-refractivity contribution < 1.29 is 13.2 Å². The number of carbonyl (C=O) groups is 1. The molecule has 3 aromatic rings. The molecule has 1 aliphatic heterocycles. The van der Waals surface area contributed by atoms with Crippen LogP contribution in [0.5, 0.6) is 0 Å². The largest absolute Gasteiger partial charge is 0.326 e. The fourth-order valence-corrected chi connectivity index (χ4v) is 4.92. The molecule has 0 unspecified atom stereocenters. The monoisotopic (exact) mass is 408 g/mol. The molecule has 0 bridgehead atoms. The SMILES string of the molecule is CCS(=O)(=O)N1CCc2ccc(NC(=O)Cc3cccc4ccccc34)cc2C1. The minimum absolute atomic E-state index is 0.0878. The molecule has 0 saturated carbocycles. The van der Waals surface area contributed by atoms with Crippen LogP contribution in [0, 0.1) is 0 Å². The van der Waals surface area contributed by atoms with Crippen molar-refractivity contribution in [2.45, 2.75) is 26.3 Å². The van der Waals surface area contributed by atoms with Crippen molar-refractivity contribution >= 4 is 32.4 Å². The number of carbonyl (C=O) groups excluding carboxylic acids is 1. The van der Waals surface area contributed by atoms with E-state index in [1.807, 2.05) is 60.7 Å². The van der Waals surface area contributed by atoms with Gasteiger partial charge in [-0.2, -0.15) is 4.31 Å². The third-order valence-electron chi connectivity index (χ3n) is 5.46. The van der Waals surface area contributed by atoms with Gasteiger partial charge in [-0.05, 0) is 52.9 Å². The van der Waals surface area contributed by atoms with Gasteiger partial charge in [-0.15, -0.1) is 0 Å². The van der Waals surface area contributed by atoms with Crippen molar-refractivity contribution in [1.29, 1.82) is 0 Å². The van der Waals surface area contributed by atoms with Gasteiger partial charge in [0.1, 0.15) is 0 Å². The standard InChI is InChI=1S/C23H24N2O3S/c1-2-29(27,28)25-13-12-17-10-11-21(14-20(17)16-25)24-23(26)15-19-8-5-7-18-6-3-4-9-22(18)19/h3-11,14H,2,12-13,15-16H2,1H3,(H,24,26). The van der Waals surface area contributed by atoms with Crippen LogP contribution in [-0.4, -0.2) is 30.9 Å². The van der Waals surface area contributed by atoms with Gasteiger partial charge in [0.15, 0.2) is 0 Å². The lowest BCUT2D eigenvalue weighted by atomic mass is 10.00. The zero-order chi connectivity index (χ0) is 20.4. The number of nitrogens with zero attached hydrogens (tertiary/aromatic N) is 1. The first-order valence-corrected chi connectivity index (χ1v) is 11.4. The van der Waals surface area contributed by atoms with Gasteiger partial charge in [-0.3, -0.25) is 4.79 Å². The number of benzene rings is 3. The van der Waals surface area contributed by atoms with Crippen molar-refractivity contribution in [1.82, 2.24) is 4.31 Å². The van der Waals surface area contributed by atoms with Crippen LogP contribution in [-0.2, 0) is 34.2 Å². The summed E-state index contributed by atoms with van der Waals surface area (Å²) in [6.07, 6.45) is 0.980. The van der Waals surface area contributed by atoms with E-state index >= 15 is 0 Å². The lowest BCUT2D eigenvalue weighted by Gasteiger charge is -2.28. The third kappa shape index (κ3) is 4.18. The molecular weight excluding hydrogens is 384 g/mol. The van der Waals surface area contributed by atoms with Crippen LogP contribution in [0.15, 0.2) is 60.7 Å². The van der Waals surface area contributed by atoms with Crippen molar-refractivity contribution in [2.24, 2.45) is 0 Å². The Bertz CT molecular complexity index is 1170. The van der Waals surface area contributed by atoms with Crippen LogP contribution >= 0.6 is 0 Å². The quantitative estimate of drug-likeness (QED) is 0.700. The van der Waals surface area contributed by atoms with Crippen molar-refractivity contribution in [3.05, 3.63) is 77.4 Å². The molecule has 6 heteroatoms. The number of sulfonamides is 1. The highest BCUT2D eigenvalue weighted by Crippen LogP contribution is 2.25. The van der Waals surface area contributed by atoms with Crippen LogP contribution in [0.3, 0.4) is 0 Å². The molecule has 5 nitrogen and oxygen atoms in total. The highest BCUT2D eigenvalue weighted by atomic mass is 32.2. The van der Waals surface area contributed by atoms with E-state index in [9.17, 15) is 13.2 Å². The summed E-state index contributed by atoms with van der Waals surface area (Å²) in [6, 6.07) is 19.8. The Morgan fingerprint density at radius 1 is 1.03 bits per heavy atom. The zero-order valence-electron chi connectivity index (χ0n) is 16.4. The summed E-state index contributed by atoms with van der Waals surface area (Å²) < 4.78 is 25.9. The minimum Gasteiger partial charge on any atom is -0.326 e. The van der Waals surface area contributed by atoms with Crippen LogP contribution in [0.25, 0.3) is 10.8 Å². The molecule has 0 fully saturated rings. The fourth-order valence-electron chi connectivity index (χ4n) is 3.85. The molecule has 0 atom stereocenters. The highest BCUT2D eigenvalue weighted by molar-refractivity contribution is 7.89. The van der Waals surface area contributed by atoms with E-state index in [1.54, 1.807) is 6.92 Å². The number of hydrogen-bond donors (Lipinski definition) is 1. The van der Waals surface area contributed by atoms with Gasteiger partial charge in [0.2, 0.25) is 15.9 Å². The van der Waals surface area contributed by atoms with E-state index in [0.29, 0.717) is 25.2 Å². The van der Waals surface area contributed by atoms with E-state index in [4.69, 9.17) is 0 Å². The molecule has 0 radical (unpaired) electrons. The van der Waals surface area contributed by atoms with Gasteiger partial charge < -0.3 is 5.32 Å². The van der Waals surface area contributed by atoms with Crippen molar-refractivity contribution in [3.63, 3.8) is 0 Å². The Kier molecular flexibility index (Phi) is 5.39. The summed E-state index contributed by atoms with van der Waals surface area (Å²) in [5.41, 5.74) is 3.78. The van der Waals surface area contributed by atoms with Crippen LogP contribution in [0.4, 0.5) is 5.69 Å². The Balaban J connectivity index is 1.50. The molecule has 150 valence electrons. The van der Waals surface area contributed by atoms with Gasteiger partial charge in [0.25, 0.3) is 0 Å². The second-order valence-electron chi connectivity index (χ2n) is 7.33. The van der Waals surface area contributed by atoms with Crippen LogP contribution in [0.2, 0.25) is 0 Å². The number of amides is 1. The minimum atomic E-state index is -3.22. The predicted octanol–water partition coefficient (Wildman–Crippen LogP) is 3.73. The first-order chi connectivity index (χ1) is 14.0. The van der Waals surface area contributed by atoms with E-state index < -0.39 is 10.0 Å². The Morgan fingerprint density at radius 2 is 1.83 bits per heavy atom. The second-order valence-corrected chi connectivity index (χ2v) is 9.59. The zero-order valence-corrected chi connectivity index (χ0v) is 17.2. The Labute approximate surface area is 171 Å². The molecular formula is C23H24N2O3S. The molecule has 3 aromatic carbocycles. The number of nitrogens with one attached hydrogen (secondary N) is 1.